The van der Waals surface area contributed by atoms with Crippen LogP contribution in [0, 0.1) is 6.92 Å². The van der Waals surface area contributed by atoms with Crippen LogP contribution >= 0.6 is 11.6 Å². The summed E-state index contributed by atoms with van der Waals surface area (Å²) in [5.74, 6) is -0.226. The molecule has 1 atom stereocenters. The fraction of sp³-hybridized carbons (Fsp3) is 0.261. The first-order chi connectivity index (χ1) is 15.3. The van der Waals surface area contributed by atoms with Crippen molar-refractivity contribution < 1.29 is 9.53 Å². The summed E-state index contributed by atoms with van der Waals surface area (Å²) in [6.07, 6.45) is 1.26. The molecule has 0 spiro atoms. The summed E-state index contributed by atoms with van der Waals surface area (Å²) in [7, 11) is 1.85. The fourth-order valence-electron chi connectivity index (χ4n) is 3.35. The van der Waals surface area contributed by atoms with Crippen molar-refractivity contribution >= 4 is 29.0 Å². The van der Waals surface area contributed by atoms with E-state index in [1.165, 1.54) is 10.9 Å². The van der Waals surface area contributed by atoms with Crippen LogP contribution in [0.1, 0.15) is 41.4 Å². The van der Waals surface area contributed by atoms with Gasteiger partial charge in [-0.1, -0.05) is 23.7 Å². The van der Waals surface area contributed by atoms with Gasteiger partial charge in [0.2, 0.25) is 0 Å². The molecular formula is C23H26ClN5O3. The number of nitrogens with two attached hydrogens (primary N) is 1. The van der Waals surface area contributed by atoms with Crippen molar-refractivity contribution in [1.82, 2.24) is 14.9 Å². The number of halogens is 1. The van der Waals surface area contributed by atoms with E-state index >= 15 is 0 Å². The lowest BCUT2D eigenvalue weighted by atomic mass is 10.1. The molecule has 8 nitrogen and oxygen atoms in total. The van der Waals surface area contributed by atoms with Gasteiger partial charge in [0, 0.05) is 17.8 Å². The average Bonchev–Trinajstić information content (AvgIpc) is 2.74. The van der Waals surface area contributed by atoms with Gasteiger partial charge in [0.15, 0.2) is 0 Å². The number of nitrogen functional groups attached to an aromatic ring is 1. The molecule has 0 aliphatic rings. The van der Waals surface area contributed by atoms with E-state index in [2.05, 4.69) is 15.6 Å². The molecule has 0 aliphatic carbocycles. The zero-order valence-electron chi connectivity index (χ0n) is 18.4. The van der Waals surface area contributed by atoms with Crippen molar-refractivity contribution in [3.8, 4) is 11.4 Å². The number of amides is 1. The number of hydrogen-bond donors (Lipinski definition) is 3. The maximum absolute atomic E-state index is 13.2. The van der Waals surface area contributed by atoms with E-state index in [1.54, 1.807) is 25.1 Å². The normalized spacial score (nSPS) is 11.8. The summed E-state index contributed by atoms with van der Waals surface area (Å²) in [6.45, 7) is 6.14. The molecule has 0 saturated carbocycles. The van der Waals surface area contributed by atoms with Crippen molar-refractivity contribution in [3.05, 3.63) is 74.8 Å². The molecule has 0 saturated heterocycles. The molecule has 32 heavy (non-hydrogen) atoms. The molecule has 2 aromatic carbocycles. The maximum atomic E-state index is 13.2. The predicted octanol–water partition coefficient (Wildman–Crippen LogP) is 3.71. The van der Waals surface area contributed by atoms with Crippen molar-refractivity contribution in [3.63, 3.8) is 0 Å². The van der Waals surface area contributed by atoms with E-state index in [0.717, 1.165) is 5.56 Å². The lowest BCUT2D eigenvalue weighted by Gasteiger charge is -2.15. The minimum atomic E-state index is -0.650. The van der Waals surface area contributed by atoms with E-state index in [0.29, 0.717) is 34.3 Å². The highest BCUT2D eigenvalue weighted by Gasteiger charge is 2.21. The first-order valence-electron chi connectivity index (χ1n) is 10.2. The van der Waals surface area contributed by atoms with Crippen LogP contribution in [0.3, 0.4) is 0 Å². The second-order valence-electron chi connectivity index (χ2n) is 7.27. The van der Waals surface area contributed by atoms with Gasteiger partial charge in [0.25, 0.3) is 11.5 Å². The van der Waals surface area contributed by atoms with E-state index in [9.17, 15) is 9.59 Å². The van der Waals surface area contributed by atoms with Crippen LogP contribution in [-0.4, -0.2) is 29.1 Å². The third kappa shape index (κ3) is 4.76. The van der Waals surface area contributed by atoms with E-state index in [-0.39, 0.29) is 17.4 Å². The Kier molecular flexibility index (Phi) is 7.17. The number of aromatic nitrogens is 2. The van der Waals surface area contributed by atoms with Crippen LogP contribution in [0.15, 0.2) is 47.5 Å². The molecule has 0 fully saturated rings. The number of nitrogens with zero attached hydrogens (tertiary/aromatic N) is 2. The molecule has 1 heterocycles. The molecule has 3 aromatic rings. The van der Waals surface area contributed by atoms with Crippen LogP contribution < -0.4 is 26.7 Å². The molecular weight excluding hydrogens is 430 g/mol. The van der Waals surface area contributed by atoms with Crippen molar-refractivity contribution in [2.45, 2.75) is 26.8 Å². The Bertz CT molecular complexity index is 1190. The first-order valence-corrected chi connectivity index (χ1v) is 10.5. The standard InChI is InChI=1S/C23H26ClN5O3/c1-5-32-17-9-13(2)20(18(24)11-17)29-12-27-21(25)19(23(29)31)22(30)28-16-8-6-7-15(10-16)14(3)26-4/h6-12,14,26H,5,25H2,1-4H3,(H,28,30)/t14-/m1/s1. The third-order valence-electron chi connectivity index (χ3n) is 5.09. The monoisotopic (exact) mass is 455 g/mol. The topological polar surface area (TPSA) is 111 Å². The summed E-state index contributed by atoms with van der Waals surface area (Å²) < 4.78 is 6.71. The Morgan fingerprint density at radius 3 is 2.72 bits per heavy atom. The van der Waals surface area contributed by atoms with E-state index in [4.69, 9.17) is 22.1 Å². The first kappa shape index (κ1) is 23.3. The van der Waals surface area contributed by atoms with E-state index in [1.807, 2.05) is 39.1 Å². The highest BCUT2D eigenvalue weighted by molar-refractivity contribution is 6.32. The van der Waals surface area contributed by atoms with Crippen LogP contribution in [0.5, 0.6) is 5.75 Å². The number of benzene rings is 2. The van der Waals surface area contributed by atoms with E-state index < -0.39 is 11.5 Å². The van der Waals surface area contributed by atoms with Gasteiger partial charge < -0.3 is 21.1 Å². The molecule has 1 aromatic heterocycles. The predicted molar refractivity (Wildman–Crippen MR) is 127 cm³/mol. The second kappa shape index (κ2) is 9.84. The van der Waals surface area contributed by atoms with Gasteiger partial charge in [-0.2, -0.15) is 0 Å². The lowest BCUT2D eigenvalue weighted by molar-refractivity contribution is 0.102. The quantitative estimate of drug-likeness (QED) is 0.500. The van der Waals surface area contributed by atoms with Gasteiger partial charge in [0.05, 0.1) is 17.3 Å². The smallest absolute Gasteiger partial charge is 0.273 e. The minimum absolute atomic E-state index is 0.0947. The second-order valence-corrected chi connectivity index (χ2v) is 7.68. The Hall–Kier alpha value is -3.36. The Morgan fingerprint density at radius 2 is 2.06 bits per heavy atom. The molecule has 0 unspecified atom stereocenters. The highest BCUT2D eigenvalue weighted by atomic mass is 35.5. The number of rotatable bonds is 7. The van der Waals surface area contributed by atoms with Gasteiger partial charge in [-0.3, -0.25) is 14.2 Å². The van der Waals surface area contributed by atoms with Gasteiger partial charge in [0.1, 0.15) is 23.5 Å². The van der Waals surface area contributed by atoms with Gasteiger partial charge in [-0.25, -0.2) is 4.98 Å². The number of hydrogen-bond acceptors (Lipinski definition) is 6. The van der Waals surface area contributed by atoms with Gasteiger partial charge in [-0.05, 0) is 57.1 Å². The summed E-state index contributed by atoms with van der Waals surface area (Å²) in [4.78, 5) is 30.3. The number of carbonyl (C=O) groups excluding carboxylic acids is 1. The molecule has 1 amide bonds. The third-order valence-corrected chi connectivity index (χ3v) is 5.37. The Balaban J connectivity index is 2.01. The molecule has 4 N–H and O–H groups in total. The van der Waals surface area contributed by atoms with Crippen molar-refractivity contribution in [2.24, 2.45) is 0 Å². The number of anilines is 2. The molecule has 0 bridgehead atoms. The zero-order chi connectivity index (χ0) is 23.4. The average molecular weight is 456 g/mol. The molecule has 168 valence electrons. The number of ether oxygens (including phenoxy) is 1. The van der Waals surface area contributed by atoms with Gasteiger partial charge in [-0.15, -0.1) is 0 Å². The minimum Gasteiger partial charge on any atom is -0.494 e. The largest absolute Gasteiger partial charge is 0.494 e. The van der Waals surface area contributed by atoms with Gasteiger partial charge >= 0.3 is 0 Å². The summed E-state index contributed by atoms with van der Waals surface area (Å²) in [6, 6.07) is 10.8. The van der Waals surface area contributed by atoms with Crippen LogP contribution in [0.2, 0.25) is 5.02 Å². The maximum Gasteiger partial charge on any atom is 0.273 e. The van der Waals surface area contributed by atoms with Crippen LogP contribution in [0.4, 0.5) is 11.5 Å². The number of aryl methyl sites for hydroxylation is 1. The zero-order valence-corrected chi connectivity index (χ0v) is 19.2. The fourth-order valence-corrected chi connectivity index (χ4v) is 3.69. The Morgan fingerprint density at radius 1 is 1.31 bits per heavy atom. The van der Waals surface area contributed by atoms with Crippen LogP contribution in [-0.2, 0) is 0 Å². The molecule has 0 aliphatic heterocycles. The molecule has 3 rings (SSSR count). The SMILES string of the molecule is CCOc1cc(C)c(-n2cnc(N)c(C(=O)Nc3cccc([C@@H](C)NC)c3)c2=O)c(Cl)c1. The summed E-state index contributed by atoms with van der Waals surface area (Å²) in [5, 5.41) is 6.18. The Labute approximate surface area is 191 Å². The van der Waals surface area contributed by atoms with Crippen molar-refractivity contribution in [1.29, 1.82) is 0 Å². The number of nitrogens with one attached hydrogen (secondary N) is 2. The highest BCUT2D eigenvalue weighted by Crippen LogP contribution is 2.29. The molecule has 0 radical (unpaired) electrons. The summed E-state index contributed by atoms with van der Waals surface area (Å²) >= 11 is 6.43. The van der Waals surface area contributed by atoms with Crippen LogP contribution in [0.25, 0.3) is 5.69 Å². The lowest BCUT2D eigenvalue weighted by Crippen LogP contribution is -2.31. The number of carbonyl (C=O) groups is 1. The van der Waals surface area contributed by atoms with Crippen molar-refractivity contribution in [2.75, 3.05) is 24.7 Å². The summed E-state index contributed by atoms with van der Waals surface area (Å²) in [5.41, 5.74) is 7.66. The molecule has 9 heteroatoms.